The molecule has 1 aliphatic carbocycles. The molecule has 0 atom stereocenters. The summed E-state index contributed by atoms with van der Waals surface area (Å²) in [4.78, 5) is 0. The van der Waals surface area contributed by atoms with Gasteiger partial charge in [0.1, 0.15) is 40.2 Å². The maximum Gasteiger partial charge on any atom is 0.128 e. The first-order valence-corrected chi connectivity index (χ1v) is 22.5. The zero-order valence-corrected chi connectivity index (χ0v) is 39.0. The molecular weight excluding hydrogens is 757 g/mol. The molecular formula is C55H70O6. The number of ether oxygens (including phenoxy) is 4. The van der Waals surface area contributed by atoms with Crippen molar-refractivity contribution in [3.05, 3.63) is 134 Å². The third-order valence-corrected chi connectivity index (χ3v) is 11.5. The molecule has 61 heavy (non-hydrogen) atoms. The highest BCUT2D eigenvalue weighted by Crippen LogP contribution is 2.44. The van der Waals surface area contributed by atoms with E-state index in [0.717, 1.165) is 81.0 Å². The molecule has 0 fully saturated rings. The number of benzene rings is 5. The summed E-state index contributed by atoms with van der Waals surface area (Å²) < 4.78 is 27.0. The summed E-state index contributed by atoms with van der Waals surface area (Å²) in [5, 5.41) is 22.5. The van der Waals surface area contributed by atoms with Gasteiger partial charge in [-0.1, -0.05) is 119 Å². The number of rotatable bonds is 11. The molecule has 6 nitrogen and oxygen atoms in total. The highest BCUT2D eigenvalue weighted by molar-refractivity contribution is 5.60. The van der Waals surface area contributed by atoms with Crippen molar-refractivity contribution in [3.63, 3.8) is 0 Å². The zero-order valence-electron chi connectivity index (χ0n) is 39.0. The molecule has 5 aromatic carbocycles. The second-order valence-corrected chi connectivity index (χ2v) is 20.1. The number of phenols is 2. The summed E-state index contributed by atoms with van der Waals surface area (Å²) in [5.74, 6) is 4.24. The monoisotopic (exact) mass is 827 g/mol. The minimum atomic E-state index is -0.160. The van der Waals surface area contributed by atoms with Crippen LogP contribution in [-0.4, -0.2) is 30.0 Å². The third-order valence-electron chi connectivity index (χ3n) is 11.5. The van der Waals surface area contributed by atoms with Gasteiger partial charge in [0, 0.05) is 36.8 Å². The predicted octanol–water partition coefficient (Wildman–Crippen LogP) is 13.8. The largest absolute Gasteiger partial charge is 0.508 e. The minimum Gasteiger partial charge on any atom is -0.508 e. The Morgan fingerprint density at radius 2 is 0.705 bits per heavy atom. The van der Waals surface area contributed by atoms with Gasteiger partial charge in [-0.2, -0.15) is 0 Å². The van der Waals surface area contributed by atoms with E-state index >= 15 is 0 Å². The van der Waals surface area contributed by atoms with Crippen LogP contribution in [0.2, 0.25) is 0 Å². The molecule has 5 aromatic rings. The third kappa shape index (κ3) is 10.9. The fourth-order valence-electron chi connectivity index (χ4n) is 8.05. The normalized spacial score (nSPS) is 13.2. The minimum absolute atomic E-state index is 0.117. The van der Waals surface area contributed by atoms with Crippen LogP contribution in [0.15, 0.2) is 72.8 Å². The zero-order chi connectivity index (χ0) is 44.3. The summed E-state index contributed by atoms with van der Waals surface area (Å²) >= 11 is 0. The lowest BCUT2D eigenvalue weighted by Crippen LogP contribution is -2.17. The van der Waals surface area contributed by atoms with Crippen LogP contribution in [-0.2, 0) is 41.9 Å². The Bertz CT molecular complexity index is 2190. The van der Waals surface area contributed by atoms with Crippen molar-refractivity contribution in [1.29, 1.82) is 0 Å². The molecule has 0 saturated carbocycles. The van der Waals surface area contributed by atoms with Crippen LogP contribution in [0.25, 0.3) is 0 Å². The molecule has 0 saturated heterocycles. The summed E-state index contributed by atoms with van der Waals surface area (Å²) in [6, 6.07) is 24.6. The fourth-order valence-corrected chi connectivity index (χ4v) is 8.05. The number of hydrogen-bond acceptors (Lipinski definition) is 6. The molecule has 2 N–H and O–H groups in total. The number of phenolic OH excluding ortho intramolecular Hbond substituents is 2. The van der Waals surface area contributed by atoms with Crippen molar-refractivity contribution >= 4 is 0 Å². The Morgan fingerprint density at radius 3 is 0.984 bits per heavy atom. The van der Waals surface area contributed by atoms with Crippen molar-refractivity contribution < 1.29 is 29.2 Å². The van der Waals surface area contributed by atoms with Crippen LogP contribution >= 0.6 is 0 Å². The average molecular weight is 827 g/mol. The lowest BCUT2D eigenvalue weighted by atomic mass is 9.80. The quantitative estimate of drug-likeness (QED) is 0.135. The Balaban J connectivity index is 1.74. The maximum atomic E-state index is 12.5. The van der Waals surface area contributed by atoms with Crippen LogP contribution in [0.3, 0.4) is 0 Å². The fraction of sp³-hybridized carbons (Fsp3) is 0.455. The summed E-state index contributed by atoms with van der Waals surface area (Å²) in [6.07, 6.45) is 4.66. The number of fused-ring (bicyclic) bond motifs is 8. The van der Waals surface area contributed by atoms with Crippen molar-refractivity contribution in [2.24, 2.45) is 0 Å². The SMILES string of the molecule is CCCOc1c2cc(C(C)(C)C)cc1Cc1cc(C(C)(C)C)cc(c1OCCC)Cc1cc(C(C)(C)C)cc(c1OCCC)Cc1cc(Oc3ccc(O)cc3)cc(c1O)C2. The van der Waals surface area contributed by atoms with E-state index in [1.54, 1.807) is 24.3 Å². The van der Waals surface area contributed by atoms with E-state index in [9.17, 15) is 10.2 Å². The van der Waals surface area contributed by atoms with Gasteiger partial charge in [0.15, 0.2) is 0 Å². The Morgan fingerprint density at radius 1 is 0.410 bits per heavy atom. The van der Waals surface area contributed by atoms with Gasteiger partial charge in [-0.15, -0.1) is 0 Å². The lowest BCUT2D eigenvalue weighted by molar-refractivity contribution is 0.306. The van der Waals surface area contributed by atoms with E-state index in [0.29, 0.717) is 57.0 Å². The highest BCUT2D eigenvalue weighted by atomic mass is 16.5. The molecule has 0 aliphatic heterocycles. The standard InChI is InChI=1S/C55H70O6/c1-13-20-58-50-37-23-35-33-48(61-47-18-16-46(56)17-19-47)34-36(49(35)57)24-38-28-44(54(7,8)9)30-40(51(38)59-21-14-2)26-42-32-45(55(10,11)12)31-41(52(42)60-22-15-3)25-39(50)29-43(27-37)53(4,5)6/h16-19,27-34,56-57H,13-15,20-26H2,1-12H3. The summed E-state index contributed by atoms with van der Waals surface area (Å²) in [5.41, 5.74) is 11.2. The molecule has 8 bridgehead atoms. The van der Waals surface area contributed by atoms with Gasteiger partial charge in [0.05, 0.1) is 19.8 Å². The highest BCUT2D eigenvalue weighted by Gasteiger charge is 2.28. The Labute approximate surface area is 366 Å². The van der Waals surface area contributed by atoms with E-state index in [-0.39, 0.29) is 27.7 Å². The molecule has 0 radical (unpaired) electrons. The van der Waals surface area contributed by atoms with Crippen LogP contribution < -0.4 is 18.9 Å². The Hall–Kier alpha value is -5.10. The topological polar surface area (TPSA) is 77.4 Å². The van der Waals surface area contributed by atoms with E-state index in [1.807, 2.05) is 12.1 Å². The molecule has 0 spiro atoms. The molecule has 6 rings (SSSR count). The van der Waals surface area contributed by atoms with Crippen LogP contribution in [0.4, 0.5) is 0 Å². The molecule has 6 heteroatoms. The first-order valence-electron chi connectivity index (χ1n) is 22.5. The summed E-state index contributed by atoms with van der Waals surface area (Å²) in [6.45, 7) is 28.5. The molecule has 0 aromatic heterocycles. The van der Waals surface area contributed by atoms with Gasteiger partial charge in [-0.25, -0.2) is 0 Å². The predicted molar refractivity (Wildman–Crippen MR) is 250 cm³/mol. The van der Waals surface area contributed by atoms with Gasteiger partial charge >= 0.3 is 0 Å². The van der Waals surface area contributed by atoms with Crippen molar-refractivity contribution in [2.45, 2.75) is 144 Å². The van der Waals surface area contributed by atoms with Crippen molar-refractivity contribution in [1.82, 2.24) is 0 Å². The molecule has 0 heterocycles. The van der Waals surface area contributed by atoms with Crippen LogP contribution in [0.1, 0.15) is 164 Å². The smallest absolute Gasteiger partial charge is 0.128 e. The van der Waals surface area contributed by atoms with Gasteiger partial charge in [-0.3, -0.25) is 0 Å². The first-order chi connectivity index (χ1) is 28.8. The van der Waals surface area contributed by atoms with Crippen LogP contribution in [0, 0.1) is 0 Å². The van der Waals surface area contributed by atoms with Gasteiger partial charge in [-0.05, 0) is 122 Å². The summed E-state index contributed by atoms with van der Waals surface area (Å²) in [7, 11) is 0. The average Bonchev–Trinajstić information content (AvgIpc) is 3.17. The van der Waals surface area contributed by atoms with Crippen molar-refractivity contribution in [3.8, 4) is 40.2 Å². The molecule has 326 valence electrons. The van der Waals surface area contributed by atoms with Crippen molar-refractivity contribution in [2.75, 3.05) is 19.8 Å². The maximum absolute atomic E-state index is 12.5. The first kappa shape index (κ1) is 45.4. The second kappa shape index (κ2) is 18.5. The van der Waals surface area contributed by atoms with Crippen LogP contribution in [0.5, 0.6) is 40.2 Å². The molecule has 0 unspecified atom stereocenters. The number of aromatic hydroxyl groups is 2. The Kier molecular flexibility index (Phi) is 13.8. The number of hydrogen-bond donors (Lipinski definition) is 2. The van der Waals surface area contributed by atoms with E-state index in [1.165, 1.54) is 16.7 Å². The lowest BCUT2D eigenvalue weighted by Gasteiger charge is -2.28. The molecule has 1 aliphatic rings. The van der Waals surface area contributed by atoms with Gasteiger partial charge < -0.3 is 29.2 Å². The van der Waals surface area contributed by atoms with Gasteiger partial charge in [0.25, 0.3) is 0 Å². The van der Waals surface area contributed by atoms with E-state index in [4.69, 9.17) is 18.9 Å². The molecule has 0 amide bonds. The second-order valence-electron chi connectivity index (χ2n) is 20.1. The van der Waals surface area contributed by atoms with E-state index < -0.39 is 0 Å². The van der Waals surface area contributed by atoms with Gasteiger partial charge in [0.2, 0.25) is 0 Å². The van der Waals surface area contributed by atoms with E-state index in [2.05, 4.69) is 119 Å².